The third-order valence-corrected chi connectivity index (χ3v) is 3.06. The summed E-state index contributed by atoms with van der Waals surface area (Å²) in [5.41, 5.74) is 7.08. The van der Waals surface area contributed by atoms with Gasteiger partial charge >= 0.3 is 0 Å². The van der Waals surface area contributed by atoms with Crippen LogP contribution in [0.15, 0.2) is 30.3 Å². The second-order valence-electron chi connectivity index (χ2n) is 4.82. The molecule has 0 bridgehead atoms. The third kappa shape index (κ3) is 5.17. The quantitative estimate of drug-likeness (QED) is 0.769. The number of nitrogens with two attached hydrogens (primary N) is 1. The van der Waals surface area contributed by atoms with Gasteiger partial charge in [-0.25, -0.2) is 0 Å². The molecule has 0 aliphatic rings. The topological polar surface area (TPSA) is 38.5 Å². The molecule has 102 valence electrons. The molecule has 1 aromatic rings. The molecule has 0 aliphatic heterocycles. The predicted molar refractivity (Wildman–Crippen MR) is 76.5 cm³/mol. The number of ether oxygens (including phenoxy) is 1. The van der Waals surface area contributed by atoms with Gasteiger partial charge in [0.1, 0.15) is 0 Å². The number of rotatable bonds is 8. The largest absolute Gasteiger partial charge is 0.376 e. The van der Waals surface area contributed by atoms with Gasteiger partial charge < -0.3 is 10.5 Å². The molecular formula is C15H26N2O. The fourth-order valence-corrected chi connectivity index (χ4v) is 1.97. The van der Waals surface area contributed by atoms with Crippen LogP contribution < -0.4 is 5.73 Å². The molecule has 0 fully saturated rings. The van der Waals surface area contributed by atoms with Crippen LogP contribution >= 0.6 is 0 Å². The van der Waals surface area contributed by atoms with E-state index in [4.69, 9.17) is 10.5 Å². The SMILES string of the molecule is CCOC(CN)CN(Cc1ccccc1)C(C)C. The standard InChI is InChI=1S/C15H26N2O/c1-4-18-15(10-16)12-17(13(2)3)11-14-8-6-5-7-9-14/h5-9,13,15H,4,10-12,16H2,1-3H3. The summed E-state index contributed by atoms with van der Waals surface area (Å²) in [6.45, 7) is 9.56. The Morgan fingerprint density at radius 1 is 1.22 bits per heavy atom. The fraction of sp³-hybridized carbons (Fsp3) is 0.600. The van der Waals surface area contributed by atoms with E-state index in [9.17, 15) is 0 Å². The molecule has 1 rings (SSSR count). The highest BCUT2D eigenvalue weighted by Crippen LogP contribution is 2.09. The van der Waals surface area contributed by atoms with Crippen molar-refractivity contribution in [3.63, 3.8) is 0 Å². The number of hydrogen-bond acceptors (Lipinski definition) is 3. The first-order chi connectivity index (χ1) is 8.67. The second kappa shape index (κ2) is 8.25. The van der Waals surface area contributed by atoms with Crippen LogP contribution in [0.2, 0.25) is 0 Å². The lowest BCUT2D eigenvalue weighted by Crippen LogP contribution is -2.41. The van der Waals surface area contributed by atoms with E-state index in [-0.39, 0.29) is 6.10 Å². The van der Waals surface area contributed by atoms with Crippen molar-refractivity contribution in [3.05, 3.63) is 35.9 Å². The van der Waals surface area contributed by atoms with Gasteiger partial charge in [0.05, 0.1) is 6.10 Å². The molecule has 3 heteroatoms. The predicted octanol–water partition coefficient (Wildman–Crippen LogP) is 2.26. The molecule has 0 amide bonds. The molecule has 2 N–H and O–H groups in total. The van der Waals surface area contributed by atoms with Gasteiger partial charge in [0.15, 0.2) is 0 Å². The molecule has 0 spiro atoms. The minimum atomic E-state index is 0.126. The van der Waals surface area contributed by atoms with E-state index in [0.29, 0.717) is 12.6 Å². The zero-order valence-electron chi connectivity index (χ0n) is 11.8. The van der Waals surface area contributed by atoms with Crippen molar-refractivity contribution >= 4 is 0 Å². The van der Waals surface area contributed by atoms with E-state index < -0.39 is 0 Å². The van der Waals surface area contributed by atoms with Crippen LogP contribution in [0.4, 0.5) is 0 Å². The van der Waals surface area contributed by atoms with Gasteiger partial charge in [-0.05, 0) is 26.3 Å². The summed E-state index contributed by atoms with van der Waals surface area (Å²) in [7, 11) is 0. The van der Waals surface area contributed by atoms with Gasteiger partial charge in [0.25, 0.3) is 0 Å². The molecule has 0 radical (unpaired) electrons. The van der Waals surface area contributed by atoms with Crippen molar-refractivity contribution in [2.75, 3.05) is 19.7 Å². The first kappa shape index (κ1) is 15.2. The normalized spacial score (nSPS) is 13.2. The Morgan fingerprint density at radius 2 is 1.89 bits per heavy atom. The minimum Gasteiger partial charge on any atom is -0.376 e. The maximum atomic E-state index is 5.75. The van der Waals surface area contributed by atoms with Gasteiger partial charge in [-0.15, -0.1) is 0 Å². The summed E-state index contributed by atoms with van der Waals surface area (Å²) >= 11 is 0. The molecular weight excluding hydrogens is 224 g/mol. The highest BCUT2D eigenvalue weighted by Gasteiger charge is 2.16. The van der Waals surface area contributed by atoms with Gasteiger partial charge in [-0.2, -0.15) is 0 Å². The van der Waals surface area contributed by atoms with Crippen LogP contribution in [-0.2, 0) is 11.3 Å². The van der Waals surface area contributed by atoms with E-state index in [1.807, 2.05) is 13.0 Å². The van der Waals surface area contributed by atoms with Crippen LogP contribution in [0.1, 0.15) is 26.3 Å². The van der Waals surface area contributed by atoms with Crippen LogP contribution in [0.3, 0.4) is 0 Å². The van der Waals surface area contributed by atoms with Crippen molar-refractivity contribution in [1.29, 1.82) is 0 Å². The fourth-order valence-electron chi connectivity index (χ4n) is 1.97. The third-order valence-electron chi connectivity index (χ3n) is 3.06. The summed E-state index contributed by atoms with van der Waals surface area (Å²) < 4.78 is 5.64. The zero-order valence-corrected chi connectivity index (χ0v) is 11.8. The molecule has 0 heterocycles. The van der Waals surface area contributed by atoms with Crippen molar-refractivity contribution in [2.24, 2.45) is 5.73 Å². The lowest BCUT2D eigenvalue weighted by molar-refractivity contribution is 0.0287. The Bertz CT molecular complexity index is 314. The van der Waals surface area contributed by atoms with E-state index in [2.05, 4.69) is 43.0 Å². The van der Waals surface area contributed by atoms with E-state index >= 15 is 0 Å². The Hall–Kier alpha value is -0.900. The van der Waals surface area contributed by atoms with Gasteiger partial charge in [0.2, 0.25) is 0 Å². The summed E-state index contributed by atoms with van der Waals surface area (Å²) in [6.07, 6.45) is 0.126. The Labute approximate surface area is 111 Å². The molecule has 1 atom stereocenters. The monoisotopic (exact) mass is 250 g/mol. The molecule has 1 aromatic carbocycles. The maximum Gasteiger partial charge on any atom is 0.0823 e. The Balaban J connectivity index is 2.59. The summed E-state index contributed by atoms with van der Waals surface area (Å²) in [4.78, 5) is 2.41. The van der Waals surface area contributed by atoms with Crippen molar-refractivity contribution in [3.8, 4) is 0 Å². The lowest BCUT2D eigenvalue weighted by atomic mass is 10.1. The zero-order chi connectivity index (χ0) is 13.4. The van der Waals surface area contributed by atoms with Crippen LogP contribution in [0.25, 0.3) is 0 Å². The summed E-state index contributed by atoms with van der Waals surface area (Å²) in [5, 5.41) is 0. The highest BCUT2D eigenvalue weighted by molar-refractivity contribution is 5.14. The molecule has 0 aromatic heterocycles. The van der Waals surface area contributed by atoms with Gasteiger partial charge in [0, 0.05) is 32.3 Å². The highest BCUT2D eigenvalue weighted by atomic mass is 16.5. The van der Waals surface area contributed by atoms with Gasteiger partial charge in [-0.3, -0.25) is 4.90 Å². The molecule has 0 aliphatic carbocycles. The molecule has 1 unspecified atom stereocenters. The van der Waals surface area contributed by atoms with Crippen LogP contribution in [-0.4, -0.2) is 36.7 Å². The second-order valence-corrected chi connectivity index (χ2v) is 4.82. The smallest absolute Gasteiger partial charge is 0.0823 e. The minimum absolute atomic E-state index is 0.126. The number of hydrogen-bond donors (Lipinski definition) is 1. The average Bonchev–Trinajstić information content (AvgIpc) is 2.38. The molecule has 0 saturated carbocycles. The van der Waals surface area contributed by atoms with Gasteiger partial charge in [-0.1, -0.05) is 30.3 Å². The first-order valence-electron chi connectivity index (χ1n) is 6.77. The first-order valence-corrected chi connectivity index (χ1v) is 6.77. The van der Waals surface area contributed by atoms with Crippen LogP contribution in [0.5, 0.6) is 0 Å². The summed E-state index contributed by atoms with van der Waals surface area (Å²) in [6, 6.07) is 11.0. The Morgan fingerprint density at radius 3 is 2.39 bits per heavy atom. The number of nitrogens with zero attached hydrogens (tertiary/aromatic N) is 1. The molecule has 0 saturated heterocycles. The van der Waals surface area contributed by atoms with Crippen LogP contribution in [0, 0.1) is 0 Å². The van der Waals surface area contributed by atoms with E-state index in [0.717, 1.165) is 19.7 Å². The van der Waals surface area contributed by atoms with Crippen molar-refractivity contribution < 1.29 is 4.74 Å². The summed E-state index contributed by atoms with van der Waals surface area (Å²) in [5.74, 6) is 0. The number of benzene rings is 1. The van der Waals surface area contributed by atoms with Crippen molar-refractivity contribution in [1.82, 2.24) is 4.90 Å². The molecule has 3 nitrogen and oxygen atoms in total. The van der Waals surface area contributed by atoms with E-state index in [1.54, 1.807) is 0 Å². The lowest BCUT2D eigenvalue weighted by Gasteiger charge is -2.30. The van der Waals surface area contributed by atoms with Crippen molar-refractivity contribution in [2.45, 2.75) is 39.5 Å². The van der Waals surface area contributed by atoms with E-state index in [1.165, 1.54) is 5.56 Å². The maximum absolute atomic E-state index is 5.75. The molecule has 18 heavy (non-hydrogen) atoms. The Kier molecular flexibility index (Phi) is 6.94. The average molecular weight is 250 g/mol.